The second-order valence-corrected chi connectivity index (χ2v) is 9.34. The average molecular weight is 487 g/mol. The van der Waals surface area contributed by atoms with Gasteiger partial charge in [0, 0.05) is 66.8 Å². The van der Waals surface area contributed by atoms with Gasteiger partial charge in [0.15, 0.2) is 0 Å². The molecule has 0 spiro atoms. The van der Waals surface area contributed by atoms with Crippen LogP contribution in [0.4, 0.5) is 14.6 Å². The molecule has 0 atom stereocenters. The Hall–Kier alpha value is -4.14. The molecule has 1 N–H and O–H groups in total. The molecule has 1 aliphatic carbocycles. The van der Waals surface area contributed by atoms with Crippen molar-refractivity contribution >= 4 is 27.6 Å². The van der Waals surface area contributed by atoms with Crippen molar-refractivity contribution in [3.05, 3.63) is 81.7 Å². The first-order valence-corrected chi connectivity index (χ1v) is 11.8. The summed E-state index contributed by atoms with van der Waals surface area (Å²) in [6.07, 6.45) is 3.78. The molecular formula is C27H24F2N6O. The Bertz CT molecular complexity index is 1740. The second kappa shape index (κ2) is 7.94. The van der Waals surface area contributed by atoms with Gasteiger partial charge in [-0.2, -0.15) is 5.10 Å². The van der Waals surface area contributed by atoms with E-state index in [9.17, 15) is 13.6 Å². The summed E-state index contributed by atoms with van der Waals surface area (Å²) < 4.78 is 31.9. The highest BCUT2D eigenvalue weighted by Gasteiger charge is 2.39. The van der Waals surface area contributed by atoms with Crippen LogP contribution in [0.25, 0.3) is 32.9 Å². The number of nitrogens with zero attached hydrogens (tertiary/aromatic N) is 5. The van der Waals surface area contributed by atoms with E-state index < -0.39 is 5.92 Å². The van der Waals surface area contributed by atoms with Crippen molar-refractivity contribution in [3.8, 4) is 11.1 Å². The number of aromatic nitrogens is 5. The lowest BCUT2D eigenvalue weighted by molar-refractivity contribution is -0.00184. The third-order valence-corrected chi connectivity index (χ3v) is 6.99. The number of fused-ring (bicyclic) bond motifs is 4. The number of alkyl halides is 2. The summed E-state index contributed by atoms with van der Waals surface area (Å²) in [6.45, 7) is 2.19. The lowest BCUT2D eigenvalue weighted by Crippen LogP contribution is -2.14. The zero-order valence-corrected chi connectivity index (χ0v) is 20.1. The summed E-state index contributed by atoms with van der Waals surface area (Å²) in [7, 11) is 3.59. The number of aryl methyl sites for hydroxylation is 3. The predicted octanol–water partition coefficient (Wildman–Crippen LogP) is 4.84. The van der Waals surface area contributed by atoms with Crippen molar-refractivity contribution in [2.75, 3.05) is 5.32 Å². The molecule has 9 heteroatoms. The molecule has 0 amide bonds. The summed E-state index contributed by atoms with van der Waals surface area (Å²) in [5.41, 5.74) is 4.99. The van der Waals surface area contributed by atoms with E-state index in [-0.39, 0.29) is 17.5 Å². The molecule has 0 unspecified atom stereocenters. The Morgan fingerprint density at radius 1 is 1.11 bits per heavy atom. The van der Waals surface area contributed by atoms with Crippen molar-refractivity contribution in [1.29, 1.82) is 0 Å². The van der Waals surface area contributed by atoms with Crippen molar-refractivity contribution in [2.45, 2.75) is 32.2 Å². The van der Waals surface area contributed by atoms with Gasteiger partial charge in [0.25, 0.3) is 5.92 Å². The van der Waals surface area contributed by atoms with Crippen LogP contribution in [0.1, 0.15) is 28.9 Å². The molecule has 0 aliphatic heterocycles. The highest BCUT2D eigenvalue weighted by atomic mass is 19.3. The molecule has 0 fully saturated rings. The van der Waals surface area contributed by atoms with Crippen LogP contribution in [0.3, 0.4) is 0 Å². The first-order chi connectivity index (χ1) is 17.2. The second-order valence-electron chi connectivity index (χ2n) is 9.34. The van der Waals surface area contributed by atoms with Crippen molar-refractivity contribution in [3.63, 3.8) is 0 Å². The van der Waals surface area contributed by atoms with Gasteiger partial charge in [-0.3, -0.25) is 9.48 Å². The maximum atomic E-state index is 14.3. The molecule has 2 aromatic carbocycles. The molecular weight excluding hydrogens is 462 g/mol. The molecule has 182 valence electrons. The fourth-order valence-corrected chi connectivity index (χ4v) is 5.21. The van der Waals surface area contributed by atoms with Crippen LogP contribution < -0.4 is 10.9 Å². The quantitative estimate of drug-likeness (QED) is 0.393. The highest BCUT2D eigenvalue weighted by Crippen LogP contribution is 2.43. The van der Waals surface area contributed by atoms with E-state index in [4.69, 9.17) is 4.98 Å². The number of hydrogen-bond acceptors (Lipinski definition) is 5. The predicted molar refractivity (Wildman–Crippen MR) is 135 cm³/mol. The Labute approximate surface area is 205 Å². The van der Waals surface area contributed by atoms with Gasteiger partial charge in [-0.15, -0.1) is 0 Å². The smallest absolute Gasteiger partial charge is 0.273 e. The number of rotatable bonds is 4. The van der Waals surface area contributed by atoms with Crippen molar-refractivity contribution in [2.24, 2.45) is 14.1 Å². The van der Waals surface area contributed by atoms with E-state index in [2.05, 4.69) is 15.4 Å². The lowest BCUT2D eigenvalue weighted by Gasteiger charge is -2.15. The largest absolute Gasteiger partial charge is 0.365 e. The number of benzene rings is 2. The van der Waals surface area contributed by atoms with Gasteiger partial charge in [0.1, 0.15) is 11.6 Å². The van der Waals surface area contributed by atoms with E-state index in [1.54, 1.807) is 36.3 Å². The average Bonchev–Trinajstić information content (AvgIpc) is 3.39. The standard InChI is InChI=1S/C27H24F2N6O/c1-15-32-24-20(26(33-15)30-12-16-5-4-6-22-18(16)9-10-27(22,28)29)11-19(25-21(24)13-31-35(25)3)17-7-8-23(36)34(2)14-17/h4-8,11,13-14H,9-10,12H2,1-3H3,(H,30,32,33). The number of halogens is 2. The first kappa shape index (κ1) is 22.3. The van der Waals surface area contributed by atoms with Crippen LogP contribution in [0.15, 0.2) is 53.6 Å². The summed E-state index contributed by atoms with van der Waals surface area (Å²) in [5, 5.41) is 9.53. The minimum absolute atomic E-state index is 0.0944. The SMILES string of the molecule is Cc1nc(NCc2cccc3c2CCC3(F)F)c2cc(-c3ccc(=O)n(C)c3)c3c(cnn3C)c2n1. The zero-order valence-electron chi connectivity index (χ0n) is 20.1. The lowest BCUT2D eigenvalue weighted by atomic mass is 10.0. The van der Waals surface area contributed by atoms with Crippen molar-refractivity contribution in [1.82, 2.24) is 24.3 Å². The third-order valence-electron chi connectivity index (χ3n) is 6.99. The number of pyridine rings is 1. The van der Waals surface area contributed by atoms with E-state index in [1.165, 1.54) is 16.7 Å². The van der Waals surface area contributed by atoms with Gasteiger partial charge < -0.3 is 9.88 Å². The summed E-state index contributed by atoms with van der Waals surface area (Å²) in [6, 6.07) is 10.4. The van der Waals surface area contributed by atoms with Gasteiger partial charge in [-0.1, -0.05) is 18.2 Å². The molecule has 7 nitrogen and oxygen atoms in total. The number of hydrogen-bond donors (Lipinski definition) is 1. The molecule has 6 rings (SSSR count). The van der Waals surface area contributed by atoms with E-state index in [0.717, 1.165) is 38.5 Å². The van der Waals surface area contributed by atoms with Crippen LogP contribution in [0, 0.1) is 6.92 Å². The van der Waals surface area contributed by atoms with Crippen molar-refractivity contribution < 1.29 is 8.78 Å². The Morgan fingerprint density at radius 2 is 1.94 bits per heavy atom. The molecule has 0 bridgehead atoms. The molecule has 3 aromatic heterocycles. The van der Waals surface area contributed by atoms with Gasteiger partial charge in [0.05, 0.1) is 17.2 Å². The zero-order chi connectivity index (χ0) is 25.2. The fourth-order valence-electron chi connectivity index (χ4n) is 5.21. The van der Waals surface area contributed by atoms with E-state index >= 15 is 0 Å². The van der Waals surface area contributed by atoms with Gasteiger partial charge in [-0.25, -0.2) is 18.7 Å². The normalized spacial score (nSPS) is 14.5. The molecule has 0 saturated carbocycles. The number of anilines is 1. The molecule has 36 heavy (non-hydrogen) atoms. The minimum Gasteiger partial charge on any atom is -0.365 e. The third kappa shape index (κ3) is 3.45. The minimum atomic E-state index is -2.78. The Morgan fingerprint density at radius 3 is 2.75 bits per heavy atom. The molecule has 5 aromatic rings. The molecule has 0 saturated heterocycles. The van der Waals surface area contributed by atoms with Crippen LogP contribution >= 0.6 is 0 Å². The first-order valence-electron chi connectivity index (χ1n) is 11.8. The van der Waals surface area contributed by atoms with Crippen LogP contribution in [0.5, 0.6) is 0 Å². The molecule has 3 heterocycles. The highest BCUT2D eigenvalue weighted by molar-refractivity contribution is 6.13. The van der Waals surface area contributed by atoms with Gasteiger partial charge in [-0.05, 0) is 36.6 Å². The van der Waals surface area contributed by atoms with E-state index in [0.29, 0.717) is 30.2 Å². The van der Waals surface area contributed by atoms with Crippen LogP contribution in [0.2, 0.25) is 0 Å². The Kier molecular flexibility index (Phi) is 4.93. The summed E-state index contributed by atoms with van der Waals surface area (Å²) in [5.74, 6) is -1.56. The van der Waals surface area contributed by atoms with Crippen LogP contribution in [-0.4, -0.2) is 24.3 Å². The summed E-state index contributed by atoms with van der Waals surface area (Å²) >= 11 is 0. The topological polar surface area (TPSA) is 77.6 Å². The number of nitrogens with one attached hydrogen (secondary N) is 1. The monoisotopic (exact) mass is 486 g/mol. The van der Waals surface area contributed by atoms with Gasteiger partial charge >= 0.3 is 0 Å². The van der Waals surface area contributed by atoms with Gasteiger partial charge in [0.2, 0.25) is 5.56 Å². The van der Waals surface area contributed by atoms with Crippen LogP contribution in [-0.2, 0) is 33.0 Å². The summed E-state index contributed by atoms with van der Waals surface area (Å²) in [4.78, 5) is 21.4. The van der Waals surface area contributed by atoms with E-state index in [1.807, 2.05) is 26.1 Å². The fraction of sp³-hybridized carbons (Fsp3) is 0.259. The molecule has 0 radical (unpaired) electrons. The molecule has 1 aliphatic rings. The maximum absolute atomic E-state index is 14.3. The maximum Gasteiger partial charge on any atom is 0.273 e. The Balaban J connectivity index is 1.50.